The Hall–Kier alpha value is -0.860. The quantitative estimate of drug-likeness (QED) is 0.291. The third-order valence-corrected chi connectivity index (χ3v) is 5.70. The Bertz CT molecular complexity index is 699. The van der Waals surface area contributed by atoms with E-state index in [0.29, 0.717) is 17.6 Å². The van der Waals surface area contributed by atoms with Crippen LogP contribution < -0.4 is 5.32 Å². The number of rotatable bonds is 4. The maximum Gasteiger partial charge on any atom is 0.193 e. The zero-order valence-electron chi connectivity index (χ0n) is 16.2. The second-order valence-electron chi connectivity index (χ2n) is 7.72. The van der Waals surface area contributed by atoms with Crippen LogP contribution in [-0.2, 0) is 5.41 Å². The standard InChI is InChI=1S/C20H28ClFN4.HI/c1-20(2,17-7-6-15(22)12-18(17)21)14-24-19(23-3)26-11-8-16(13-26)25-9-4-5-10-25;/h4-7,12,16H,8-11,13-14H2,1-3H3,(H,23,24);1H. The molecule has 1 aromatic carbocycles. The van der Waals surface area contributed by atoms with Crippen molar-refractivity contribution < 1.29 is 4.39 Å². The topological polar surface area (TPSA) is 30.9 Å². The first kappa shape index (κ1) is 22.4. The zero-order chi connectivity index (χ0) is 18.7. The van der Waals surface area contributed by atoms with Crippen molar-refractivity contribution in [3.63, 3.8) is 0 Å². The molecule has 1 atom stereocenters. The Morgan fingerprint density at radius 2 is 2.04 bits per heavy atom. The van der Waals surface area contributed by atoms with Crippen molar-refractivity contribution in [3.05, 3.63) is 46.8 Å². The first-order chi connectivity index (χ1) is 12.4. The Kier molecular flexibility index (Phi) is 7.94. The molecule has 0 saturated carbocycles. The Labute approximate surface area is 183 Å². The van der Waals surface area contributed by atoms with Gasteiger partial charge in [-0.1, -0.05) is 43.7 Å². The lowest BCUT2D eigenvalue weighted by Crippen LogP contribution is -2.46. The van der Waals surface area contributed by atoms with Gasteiger partial charge in [0, 0.05) is 56.3 Å². The van der Waals surface area contributed by atoms with Crippen LogP contribution in [0.4, 0.5) is 4.39 Å². The molecule has 1 saturated heterocycles. The summed E-state index contributed by atoms with van der Waals surface area (Å²) >= 11 is 6.26. The van der Waals surface area contributed by atoms with Gasteiger partial charge in [-0.25, -0.2) is 4.39 Å². The lowest BCUT2D eigenvalue weighted by Gasteiger charge is -2.30. The summed E-state index contributed by atoms with van der Waals surface area (Å²) < 4.78 is 13.3. The molecule has 27 heavy (non-hydrogen) atoms. The van der Waals surface area contributed by atoms with Gasteiger partial charge in [0.2, 0.25) is 0 Å². The van der Waals surface area contributed by atoms with E-state index in [2.05, 4.69) is 46.1 Å². The summed E-state index contributed by atoms with van der Waals surface area (Å²) in [6.07, 6.45) is 5.64. The molecule has 1 fully saturated rings. The van der Waals surface area contributed by atoms with Crippen molar-refractivity contribution in [2.75, 3.05) is 39.8 Å². The van der Waals surface area contributed by atoms with Gasteiger partial charge in [0.05, 0.1) is 0 Å². The molecule has 2 heterocycles. The number of benzene rings is 1. The fraction of sp³-hybridized carbons (Fsp3) is 0.550. The van der Waals surface area contributed by atoms with Gasteiger partial charge < -0.3 is 10.2 Å². The van der Waals surface area contributed by atoms with Crippen molar-refractivity contribution in [2.24, 2.45) is 4.99 Å². The summed E-state index contributed by atoms with van der Waals surface area (Å²) in [5.41, 5.74) is 0.699. The molecule has 1 aromatic rings. The fourth-order valence-electron chi connectivity index (χ4n) is 3.79. The van der Waals surface area contributed by atoms with Crippen LogP contribution in [0.1, 0.15) is 25.8 Å². The van der Waals surface area contributed by atoms with Crippen LogP contribution in [0.25, 0.3) is 0 Å². The second kappa shape index (κ2) is 9.56. The van der Waals surface area contributed by atoms with Crippen LogP contribution >= 0.6 is 35.6 Å². The van der Waals surface area contributed by atoms with Gasteiger partial charge in [0.1, 0.15) is 5.82 Å². The molecule has 7 heteroatoms. The van der Waals surface area contributed by atoms with Gasteiger partial charge in [-0.2, -0.15) is 0 Å². The fourth-order valence-corrected chi connectivity index (χ4v) is 4.21. The summed E-state index contributed by atoms with van der Waals surface area (Å²) in [6.45, 7) is 9.01. The first-order valence-electron chi connectivity index (χ1n) is 9.21. The molecular weight excluding hydrogens is 478 g/mol. The Balaban J connectivity index is 0.00000261. The first-order valence-corrected chi connectivity index (χ1v) is 9.58. The predicted molar refractivity (Wildman–Crippen MR) is 122 cm³/mol. The Morgan fingerprint density at radius 1 is 1.33 bits per heavy atom. The van der Waals surface area contributed by atoms with Gasteiger partial charge in [-0.3, -0.25) is 9.89 Å². The van der Waals surface area contributed by atoms with Crippen LogP contribution in [0.5, 0.6) is 0 Å². The number of guanidine groups is 1. The van der Waals surface area contributed by atoms with E-state index in [1.165, 1.54) is 12.1 Å². The van der Waals surface area contributed by atoms with E-state index in [4.69, 9.17) is 11.6 Å². The minimum atomic E-state index is -0.308. The molecule has 0 spiro atoms. The number of hydrogen-bond acceptors (Lipinski definition) is 2. The highest BCUT2D eigenvalue weighted by molar-refractivity contribution is 14.0. The summed E-state index contributed by atoms with van der Waals surface area (Å²) in [6, 6.07) is 5.20. The van der Waals surface area contributed by atoms with E-state index in [0.717, 1.165) is 44.1 Å². The third kappa shape index (κ3) is 5.35. The summed E-state index contributed by atoms with van der Waals surface area (Å²) in [5, 5.41) is 3.96. The van der Waals surface area contributed by atoms with Crippen LogP contribution in [0, 0.1) is 5.82 Å². The minimum absolute atomic E-state index is 0. The average molecular weight is 507 g/mol. The molecule has 0 aromatic heterocycles. The average Bonchev–Trinajstić information content (AvgIpc) is 3.26. The van der Waals surface area contributed by atoms with Gasteiger partial charge in [0.25, 0.3) is 0 Å². The van der Waals surface area contributed by atoms with Crippen molar-refractivity contribution in [2.45, 2.75) is 31.7 Å². The van der Waals surface area contributed by atoms with E-state index in [9.17, 15) is 4.39 Å². The van der Waals surface area contributed by atoms with Gasteiger partial charge >= 0.3 is 0 Å². The maximum atomic E-state index is 13.3. The lowest BCUT2D eigenvalue weighted by molar-refractivity contribution is 0.259. The molecule has 2 aliphatic heterocycles. The van der Waals surface area contributed by atoms with Crippen LogP contribution in [0.15, 0.2) is 35.3 Å². The van der Waals surface area contributed by atoms with Crippen molar-refractivity contribution in [3.8, 4) is 0 Å². The van der Waals surface area contributed by atoms with Crippen molar-refractivity contribution in [1.82, 2.24) is 15.1 Å². The molecular formula is C20H29ClFIN4. The highest BCUT2D eigenvalue weighted by Crippen LogP contribution is 2.30. The second-order valence-corrected chi connectivity index (χ2v) is 8.13. The predicted octanol–water partition coefficient (Wildman–Crippen LogP) is 3.90. The number of nitrogens with one attached hydrogen (secondary N) is 1. The van der Waals surface area contributed by atoms with E-state index in [-0.39, 0.29) is 35.2 Å². The molecule has 2 aliphatic rings. The van der Waals surface area contributed by atoms with E-state index in [1.54, 1.807) is 6.07 Å². The highest BCUT2D eigenvalue weighted by Gasteiger charge is 2.31. The smallest absolute Gasteiger partial charge is 0.193 e. The molecule has 0 bridgehead atoms. The van der Waals surface area contributed by atoms with E-state index < -0.39 is 0 Å². The largest absolute Gasteiger partial charge is 0.355 e. The zero-order valence-corrected chi connectivity index (χ0v) is 19.3. The third-order valence-electron chi connectivity index (χ3n) is 5.39. The SMILES string of the molecule is CN=C(NCC(C)(C)c1ccc(F)cc1Cl)N1CCC(N2CC=CC2)C1.I. The summed E-state index contributed by atoms with van der Waals surface area (Å²) in [4.78, 5) is 9.30. The Morgan fingerprint density at radius 3 is 2.67 bits per heavy atom. The number of likely N-dealkylation sites (tertiary alicyclic amines) is 1. The molecule has 0 aliphatic carbocycles. The van der Waals surface area contributed by atoms with Crippen LogP contribution in [0.3, 0.4) is 0 Å². The van der Waals surface area contributed by atoms with Gasteiger partial charge in [-0.15, -0.1) is 24.0 Å². The van der Waals surface area contributed by atoms with E-state index >= 15 is 0 Å². The molecule has 3 rings (SSSR count). The molecule has 150 valence electrons. The normalized spacial score (nSPS) is 20.9. The summed E-state index contributed by atoms with van der Waals surface area (Å²) in [7, 11) is 1.82. The van der Waals surface area contributed by atoms with Crippen LogP contribution in [0.2, 0.25) is 5.02 Å². The monoisotopic (exact) mass is 506 g/mol. The molecule has 1 unspecified atom stereocenters. The highest BCUT2D eigenvalue weighted by atomic mass is 127. The maximum absolute atomic E-state index is 13.3. The summed E-state index contributed by atoms with van der Waals surface area (Å²) in [5.74, 6) is 0.615. The van der Waals surface area contributed by atoms with Crippen LogP contribution in [-0.4, -0.2) is 61.6 Å². The number of nitrogens with zero attached hydrogens (tertiary/aromatic N) is 3. The molecule has 0 radical (unpaired) electrons. The van der Waals surface area contributed by atoms with Gasteiger partial charge in [-0.05, 0) is 24.1 Å². The molecule has 1 N–H and O–H groups in total. The lowest BCUT2D eigenvalue weighted by atomic mass is 9.84. The van der Waals surface area contributed by atoms with Crippen molar-refractivity contribution >= 4 is 41.5 Å². The van der Waals surface area contributed by atoms with Gasteiger partial charge in [0.15, 0.2) is 5.96 Å². The van der Waals surface area contributed by atoms with E-state index in [1.807, 2.05) is 7.05 Å². The molecule has 0 amide bonds. The van der Waals surface area contributed by atoms with Crippen molar-refractivity contribution in [1.29, 1.82) is 0 Å². The number of hydrogen-bond donors (Lipinski definition) is 1. The molecule has 4 nitrogen and oxygen atoms in total. The number of aliphatic imine (C=N–C) groups is 1. The minimum Gasteiger partial charge on any atom is -0.355 e. The number of halogens is 3.